The average molecular weight is 550 g/mol. The minimum Gasteiger partial charge on any atom is -0.382 e. The molecule has 0 spiro atoms. The van der Waals surface area contributed by atoms with E-state index in [1.54, 1.807) is 0 Å². The molecule has 0 radical (unpaired) electrons. The first-order chi connectivity index (χ1) is 19.4. The fourth-order valence-corrected chi connectivity index (χ4v) is 4.65. The van der Waals surface area contributed by atoms with Crippen LogP contribution in [0.4, 0.5) is 36.5 Å². The number of nitrogens with zero attached hydrogens (tertiary/aromatic N) is 4. The van der Waals surface area contributed by atoms with Gasteiger partial charge in [0.05, 0.1) is 23.8 Å². The Kier molecular flexibility index (Phi) is 7.99. The molecular weight excluding hydrogens is 520 g/mol. The first kappa shape index (κ1) is 26.8. The molecule has 1 saturated carbocycles. The number of nitrogens with one attached hydrogen (secondary N) is 5. The smallest absolute Gasteiger partial charge is 0.319 e. The molecule has 1 aromatic carbocycles. The van der Waals surface area contributed by atoms with Gasteiger partial charge in [0.1, 0.15) is 11.6 Å². The van der Waals surface area contributed by atoms with Crippen LogP contribution in [0.25, 0.3) is 5.65 Å². The lowest BCUT2D eigenvalue weighted by molar-refractivity contribution is 0.102. The minimum absolute atomic E-state index is 0.00351. The predicted octanol–water partition coefficient (Wildman–Crippen LogP) is 4.63. The number of benzene rings is 1. The van der Waals surface area contributed by atoms with Gasteiger partial charge in [-0.1, -0.05) is 0 Å². The van der Waals surface area contributed by atoms with Crippen molar-refractivity contribution in [3.05, 3.63) is 72.3 Å². The number of carbonyl (C=O) groups is 2. The molecule has 0 bridgehead atoms. The maximum atomic E-state index is 14.0. The molecule has 3 heterocycles. The number of pyridine rings is 1. The molecule has 1 fully saturated rings. The number of hydrogen-bond donors (Lipinski definition) is 5. The summed E-state index contributed by atoms with van der Waals surface area (Å²) < 4.78 is 28.5. The highest BCUT2D eigenvalue weighted by atomic mass is 19.1. The Hall–Kier alpha value is -4.81. The van der Waals surface area contributed by atoms with E-state index in [-0.39, 0.29) is 35.3 Å². The summed E-state index contributed by atoms with van der Waals surface area (Å²) in [7, 11) is 0. The highest BCUT2D eigenvalue weighted by molar-refractivity contribution is 6.03. The molecule has 3 amide bonds. The van der Waals surface area contributed by atoms with Crippen molar-refractivity contribution in [1.29, 1.82) is 0 Å². The Balaban J connectivity index is 1.24. The third-order valence-electron chi connectivity index (χ3n) is 6.60. The van der Waals surface area contributed by atoms with Crippen LogP contribution in [0.3, 0.4) is 0 Å². The zero-order valence-corrected chi connectivity index (χ0v) is 21.7. The van der Waals surface area contributed by atoms with Gasteiger partial charge in [0, 0.05) is 36.6 Å². The van der Waals surface area contributed by atoms with E-state index in [1.807, 2.05) is 13.0 Å². The predicted molar refractivity (Wildman–Crippen MR) is 148 cm³/mol. The molecule has 0 aliphatic heterocycles. The highest BCUT2D eigenvalue weighted by Crippen LogP contribution is 2.25. The van der Waals surface area contributed by atoms with Gasteiger partial charge in [-0.15, -0.1) is 5.10 Å². The SMILES string of the molecule is CCNc1cc(NC2CCC(NC(=O)Nc3ccc(F)cc3)CC2)nn2c(C(=O)Nc3ccncc3F)cnc12. The van der Waals surface area contributed by atoms with Crippen molar-refractivity contribution < 1.29 is 18.4 Å². The lowest BCUT2D eigenvalue weighted by atomic mass is 9.91. The van der Waals surface area contributed by atoms with Crippen molar-refractivity contribution in [2.45, 2.75) is 44.7 Å². The second-order valence-electron chi connectivity index (χ2n) is 9.46. The first-order valence-electron chi connectivity index (χ1n) is 13.0. The third kappa shape index (κ3) is 6.25. The monoisotopic (exact) mass is 549 g/mol. The molecule has 1 aliphatic rings. The molecule has 0 saturated heterocycles. The zero-order valence-electron chi connectivity index (χ0n) is 21.7. The van der Waals surface area contributed by atoms with Gasteiger partial charge in [0.2, 0.25) is 0 Å². The van der Waals surface area contributed by atoms with Crippen molar-refractivity contribution in [3.8, 4) is 0 Å². The molecule has 3 aromatic heterocycles. The van der Waals surface area contributed by atoms with Gasteiger partial charge in [-0.05, 0) is 62.9 Å². The molecule has 11 nitrogen and oxygen atoms in total. The summed E-state index contributed by atoms with van der Waals surface area (Å²) in [4.78, 5) is 33.4. The van der Waals surface area contributed by atoms with Crippen molar-refractivity contribution in [2.75, 3.05) is 27.8 Å². The number of halogens is 2. The fraction of sp³-hybridized carbons (Fsp3) is 0.296. The molecule has 5 rings (SSSR count). The number of urea groups is 1. The molecular formula is C27H29F2N9O2. The van der Waals surface area contributed by atoms with Crippen LogP contribution in [-0.2, 0) is 0 Å². The second kappa shape index (κ2) is 11.9. The van der Waals surface area contributed by atoms with Crippen molar-refractivity contribution in [1.82, 2.24) is 24.9 Å². The molecule has 40 heavy (non-hydrogen) atoms. The Morgan fingerprint density at radius 1 is 0.975 bits per heavy atom. The standard InChI is InChI=1S/C27H29F2N9O2/c1-2-31-22-13-24(37-38-23(15-32-25(22)38)26(39)36-21-11-12-30-14-20(21)29)33-17-7-9-19(10-8-17)35-27(40)34-18-5-3-16(28)4-6-18/h3-6,11-15,17,19,31H,2,7-10H2,1H3,(H,33,37)(H,30,36,39)(H2,34,35,40). The van der Waals surface area contributed by atoms with Crippen LogP contribution in [0.15, 0.2) is 55.0 Å². The maximum absolute atomic E-state index is 14.0. The molecule has 0 unspecified atom stereocenters. The third-order valence-corrected chi connectivity index (χ3v) is 6.60. The van der Waals surface area contributed by atoms with Crippen LogP contribution < -0.4 is 26.6 Å². The van der Waals surface area contributed by atoms with Crippen molar-refractivity contribution in [2.24, 2.45) is 0 Å². The van der Waals surface area contributed by atoms with Gasteiger partial charge >= 0.3 is 6.03 Å². The van der Waals surface area contributed by atoms with E-state index in [1.165, 1.54) is 47.2 Å². The first-order valence-corrected chi connectivity index (χ1v) is 13.0. The molecule has 13 heteroatoms. The van der Waals surface area contributed by atoms with E-state index in [0.717, 1.165) is 31.9 Å². The zero-order chi connectivity index (χ0) is 28.1. The molecule has 5 N–H and O–H groups in total. The lowest BCUT2D eigenvalue weighted by Gasteiger charge is -2.30. The summed E-state index contributed by atoms with van der Waals surface area (Å²) in [5.74, 6) is -1.02. The molecule has 4 aromatic rings. The summed E-state index contributed by atoms with van der Waals surface area (Å²) in [5, 5.41) is 19.5. The summed E-state index contributed by atoms with van der Waals surface area (Å²) >= 11 is 0. The van der Waals surface area contributed by atoms with Gasteiger partial charge < -0.3 is 26.6 Å². The van der Waals surface area contributed by atoms with E-state index in [2.05, 4.69) is 41.7 Å². The Bertz CT molecular complexity index is 1500. The number of hydrogen-bond acceptors (Lipinski definition) is 7. The van der Waals surface area contributed by atoms with Crippen LogP contribution in [0.2, 0.25) is 0 Å². The quantitative estimate of drug-likeness (QED) is 0.216. The van der Waals surface area contributed by atoms with Crippen LogP contribution in [0, 0.1) is 11.6 Å². The Morgan fingerprint density at radius 3 is 2.45 bits per heavy atom. The lowest BCUT2D eigenvalue weighted by Crippen LogP contribution is -2.42. The van der Waals surface area contributed by atoms with E-state index in [4.69, 9.17) is 0 Å². The molecule has 0 atom stereocenters. The van der Waals surface area contributed by atoms with Gasteiger partial charge in [0.25, 0.3) is 5.91 Å². The van der Waals surface area contributed by atoms with Crippen LogP contribution in [-0.4, -0.2) is 50.1 Å². The van der Waals surface area contributed by atoms with Crippen LogP contribution in [0.5, 0.6) is 0 Å². The van der Waals surface area contributed by atoms with Gasteiger partial charge in [-0.3, -0.25) is 9.78 Å². The normalized spacial score (nSPS) is 16.8. The highest BCUT2D eigenvalue weighted by Gasteiger charge is 2.24. The van der Waals surface area contributed by atoms with Gasteiger partial charge in [-0.2, -0.15) is 0 Å². The minimum atomic E-state index is -0.647. The Labute approximate surface area is 228 Å². The largest absolute Gasteiger partial charge is 0.382 e. The Morgan fingerprint density at radius 2 is 1.73 bits per heavy atom. The molecule has 1 aliphatic carbocycles. The topological polar surface area (TPSA) is 137 Å². The summed E-state index contributed by atoms with van der Waals surface area (Å²) in [6, 6.07) is 8.59. The number of amides is 3. The molecule has 208 valence electrons. The number of anilines is 4. The van der Waals surface area contributed by atoms with Gasteiger partial charge in [-0.25, -0.2) is 23.1 Å². The van der Waals surface area contributed by atoms with Crippen LogP contribution in [0.1, 0.15) is 43.1 Å². The van der Waals surface area contributed by atoms with E-state index in [0.29, 0.717) is 29.4 Å². The van der Waals surface area contributed by atoms with E-state index >= 15 is 0 Å². The number of aromatic nitrogens is 4. The number of carbonyl (C=O) groups excluding carboxylic acids is 2. The van der Waals surface area contributed by atoms with Crippen LogP contribution >= 0.6 is 0 Å². The fourth-order valence-electron chi connectivity index (χ4n) is 4.65. The van der Waals surface area contributed by atoms with Crippen molar-refractivity contribution >= 4 is 40.5 Å². The van der Waals surface area contributed by atoms with E-state index < -0.39 is 11.7 Å². The summed E-state index contributed by atoms with van der Waals surface area (Å²) in [5.41, 5.74) is 1.84. The van der Waals surface area contributed by atoms with Gasteiger partial charge in [0.15, 0.2) is 17.2 Å². The number of fused-ring (bicyclic) bond motifs is 1. The van der Waals surface area contributed by atoms with Crippen molar-refractivity contribution in [3.63, 3.8) is 0 Å². The summed E-state index contributed by atoms with van der Waals surface area (Å²) in [6.07, 6.45) is 6.90. The maximum Gasteiger partial charge on any atom is 0.319 e. The number of imidazole rings is 1. The average Bonchev–Trinajstić information content (AvgIpc) is 3.37. The second-order valence-corrected chi connectivity index (χ2v) is 9.46. The summed E-state index contributed by atoms with van der Waals surface area (Å²) in [6.45, 7) is 2.58. The van der Waals surface area contributed by atoms with E-state index in [9.17, 15) is 18.4 Å². The number of rotatable bonds is 8.